The summed E-state index contributed by atoms with van der Waals surface area (Å²) in [5.74, 6) is -0.465. The van der Waals surface area contributed by atoms with Crippen LogP contribution < -0.4 is 5.73 Å². The van der Waals surface area contributed by atoms with Gasteiger partial charge in [-0.25, -0.2) is 0 Å². The molecular formula is C68H142N6O8. The van der Waals surface area contributed by atoms with Crippen LogP contribution in [0.3, 0.4) is 0 Å². The summed E-state index contributed by atoms with van der Waals surface area (Å²) in [4.78, 5) is 47.5. The Morgan fingerprint density at radius 2 is 0.683 bits per heavy atom. The van der Waals surface area contributed by atoms with Gasteiger partial charge in [-0.1, -0.05) is 138 Å². The van der Waals surface area contributed by atoms with Crippen LogP contribution in [0.5, 0.6) is 0 Å². The number of morpholine rings is 2. The summed E-state index contributed by atoms with van der Waals surface area (Å²) >= 11 is 0. The van der Waals surface area contributed by atoms with Crippen molar-refractivity contribution in [1.29, 1.82) is 0 Å². The molecule has 0 atom stereocenters. The van der Waals surface area contributed by atoms with Gasteiger partial charge in [0.05, 0.1) is 57.1 Å². The predicted octanol–water partition coefficient (Wildman–Crippen LogP) is 13.6. The van der Waals surface area contributed by atoms with Crippen molar-refractivity contribution >= 4 is 17.9 Å². The molecule has 0 radical (unpaired) electrons. The predicted molar refractivity (Wildman–Crippen MR) is 350 cm³/mol. The summed E-state index contributed by atoms with van der Waals surface area (Å²) in [6.45, 7) is 71.2. The molecule has 0 aliphatic carbocycles. The summed E-state index contributed by atoms with van der Waals surface area (Å²) in [6, 6.07) is 0. The van der Waals surface area contributed by atoms with E-state index in [9.17, 15) is 14.4 Å². The van der Waals surface area contributed by atoms with Crippen molar-refractivity contribution in [2.75, 3.05) is 146 Å². The molecule has 3 aliphatic rings. The minimum absolute atomic E-state index is 0.0547. The second-order valence-electron chi connectivity index (χ2n) is 33.1. The van der Waals surface area contributed by atoms with Gasteiger partial charge in [-0.3, -0.25) is 24.2 Å². The van der Waals surface area contributed by atoms with Crippen LogP contribution in [0.15, 0.2) is 0 Å². The van der Waals surface area contributed by atoms with E-state index >= 15 is 0 Å². The Morgan fingerprint density at radius 1 is 0.402 bits per heavy atom. The van der Waals surface area contributed by atoms with Gasteiger partial charge in [-0.2, -0.15) is 0 Å². The smallest absolute Gasteiger partial charge is 0.325 e. The number of nitrogens with zero attached hydrogens (tertiary/aromatic N) is 5. The van der Waals surface area contributed by atoms with E-state index in [1.807, 2.05) is 27.7 Å². The van der Waals surface area contributed by atoms with Crippen LogP contribution in [0.2, 0.25) is 0 Å². The number of ether oxygens (including phenoxy) is 5. The molecule has 3 saturated heterocycles. The fourth-order valence-electron chi connectivity index (χ4n) is 7.53. The molecular weight excluding hydrogens is 1030 g/mol. The maximum atomic E-state index is 12.2. The zero-order chi connectivity index (χ0) is 64.5. The topological polar surface area (TPSA) is 140 Å². The van der Waals surface area contributed by atoms with E-state index in [0.29, 0.717) is 36.1 Å². The molecule has 3 rings (SSSR count). The average molecular weight is 1170 g/mol. The maximum absolute atomic E-state index is 12.2. The third kappa shape index (κ3) is 55.9. The Labute approximate surface area is 509 Å². The monoisotopic (exact) mass is 1170 g/mol. The summed E-state index contributed by atoms with van der Waals surface area (Å²) in [5.41, 5.74) is 6.01. The summed E-state index contributed by atoms with van der Waals surface area (Å²) < 4.78 is 26.6. The second-order valence-corrected chi connectivity index (χ2v) is 33.1. The highest BCUT2D eigenvalue weighted by molar-refractivity contribution is 5.79. The highest BCUT2D eigenvalue weighted by Gasteiger charge is 2.32. The Balaban J connectivity index is -0.000000949. The number of likely N-dealkylation sites (N-methyl/N-ethyl adjacent to an activating group) is 1. The van der Waals surface area contributed by atoms with Crippen LogP contribution in [0.1, 0.15) is 231 Å². The van der Waals surface area contributed by atoms with Gasteiger partial charge in [0.2, 0.25) is 0 Å². The van der Waals surface area contributed by atoms with Gasteiger partial charge in [0.1, 0.15) is 5.54 Å². The Morgan fingerprint density at radius 3 is 0.927 bits per heavy atom. The average Bonchev–Trinajstić information content (AvgIpc) is 3.31. The SMILES string of the molecule is CC(C)(C)CCN1CCOCC1.CC(C)(C)CCOC(=O)C(C)(C)CCN1CCOCC1.CC(C)(C)CCOC(=O)C(C)(C)N.CCCC(C)(C)C.CN(C)CCC(C)(C)C.CN1CCN(CCC(C)(C)C(=O)OCCC(C)(C)C)CC1. The van der Waals surface area contributed by atoms with Crippen molar-refractivity contribution in [1.82, 2.24) is 24.5 Å². The van der Waals surface area contributed by atoms with Crippen molar-refractivity contribution in [3.8, 4) is 0 Å². The molecule has 0 aromatic heterocycles. The molecule has 14 heteroatoms. The molecule has 2 N–H and O–H groups in total. The number of nitrogens with two attached hydrogens (primary N) is 1. The minimum Gasteiger partial charge on any atom is -0.465 e. The number of rotatable bonds is 20. The molecule has 0 amide bonds. The molecule has 82 heavy (non-hydrogen) atoms. The van der Waals surface area contributed by atoms with E-state index in [1.54, 1.807) is 13.8 Å². The molecule has 0 spiro atoms. The third-order valence-electron chi connectivity index (χ3n) is 14.3. The highest BCUT2D eigenvalue weighted by atomic mass is 16.5. The summed E-state index contributed by atoms with van der Waals surface area (Å²) in [6.07, 6.45) is 9.58. The molecule has 3 aliphatic heterocycles. The van der Waals surface area contributed by atoms with Crippen molar-refractivity contribution < 1.29 is 38.1 Å². The van der Waals surface area contributed by atoms with E-state index < -0.39 is 11.0 Å². The second kappa shape index (κ2) is 40.5. The van der Waals surface area contributed by atoms with Crippen LogP contribution in [-0.2, 0) is 38.1 Å². The third-order valence-corrected chi connectivity index (χ3v) is 14.3. The Hall–Kier alpha value is -1.91. The molecule has 0 aromatic carbocycles. The highest BCUT2D eigenvalue weighted by Crippen LogP contribution is 2.27. The maximum Gasteiger partial charge on any atom is 0.325 e. The quantitative estimate of drug-likeness (QED) is 0.0913. The van der Waals surface area contributed by atoms with Crippen molar-refractivity contribution in [3.63, 3.8) is 0 Å². The molecule has 0 bridgehead atoms. The molecule has 0 aromatic rings. The van der Waals surface area contributed by atoms with E-state index in [0.717, 1.165) is 124 Å². The summed E-state index contributed by atoms with van der Waals surface area (Å²) in [7, 11) is 6.39. The van der Waals surface area contributed by atoms with E-state index in [4.69, 9.17) is 29.4 Å². The number of esters is 3. The largest absolute Gasteiger partial charge is 0.465 e. The number of hydrogen-bond acceptors (Lipinski definition) is 14. The number of hydrogen-bond donors (Lipinski definition) is 1. The van der Waals surface area contributed by atoms with Crippen LogP contribution in [-0.4, -0.2) is 194 Å². The first kappa shape index (κ1) is 84.3. The normalized spacial score (nSPS) is 16.8. The number of carbonyl (C=O) groups is 3. The first-order chi connectivity index (χ1) is 37.0. The lowest BCUT2D eigenvalue weighted by Crippen LogP contribution is -2.45. The lowest BCUT2D eigenvalue weighted by Gasteiger charge is -2.34. The molecule has 0 unspecified atom stereocenters. The molecule has 14 nitrogen and oxygen atoms in total. The number of piperazine rings is 1. The van der Waals surface area contributed by atoms with Crippen LogP contribution in [0, 0.1) is 43.3 Å². The minimum atomic E-state index is -0.877. The van der Waals surface area contributed by atoms with Crippen LogP contribution in [0.4, 0.5) is 0 Å². The van der Waals surface area contributed by atoms with Gasteiger partial charge in [-0.05, 0) is 173 Å². The van der Waals surface area contributed by atoms with Crippen molar-refractivity contribution in [2.45, 2.75) is 236 Å². The molecule has 3 fully saturated rings. The lowest BCUT2D eigenvalue weighted by atomic mass is 9.89. The molecule has 3 heterocycles. The fourth-order valence-corrected chi connectivity index (χ4v) is 7.53. The standard InChI is InChI=1S/C17H34N2O2.C16H31NO3.C10H21NO2.C10H21NO.C8H19N.C7H16/c1-16(2,3)8-14-21-15(20)17(4,5)7-9-19-12-10-18(6)11-13-19;1-15(2,3)7-11-20-14(18)16(4,5)6-8-17-9-12-19-13-10-17;1-9(2,3)6-7-13-8(12)10(4,5)11;1-10(2,3)4-5-11-6-8-12-9-7-11;1-8(2,3)6-7-9(4)5;1-5-6-7(2,3)4/h7-14H2,1-6H3;6-13H2,1-5H3;6-7,11H2,1-5H3;4-9H2,1-3H3;6-7H2,1-5H3;5-6H2,1-4H3. The lowest BCUT2D eigenvalue weighted by molar-refractivity contribution is -0.156. The van der Waals surface area contributed by atoms with E-state index in [1.165, 1.54) is 38.8 Å². The fraction of sp³-hybridized carbons (Fsp3) is 0.956. The van der Waals surface area contributed by atoms with E-state index in [-0.39, 0.29) is 39.6 Å². The first-order valence-corrected chi connectivity index (χ1v) is 32.0. The van der Waals surface area contributed by atoms with Gasteiger partial charge in [0, 0.05) is 52.4 Å². The van der Waals surface area contributed by atoms with Gasteiger partial charge >= 0.3 is 17.9 Å². The van der Waals surface area contributed by atoms with E-state index in [2.05, 4.69) is 177 Å². The Bertz CT molecular complexity index is 1620. The number of carbonyl (C=O) groups excluding carboxylic acids is 3. The molecule has 492 valence electrons. The summed E-state index contributed by atoms with van der Waals surface area (Å²) in [5, 5.41) is 0. The zero-order valence-electron chi connectivity index (χ0n) is 59.9. The van der Waals surface area contributed by atoms with Crippen LogP contribution in [0.25, 0.3) is 0 Å². The zero-order valence-corrected chi connectivity index (χ0v) is 59.9. The van der Waals surface area contributed by atoms with Gasteiger partial charge in [-0.15, -0.1) is 0 Å². The first-order valence-electron chi connectivity index (χ1n) is 32.0. The van der Waals surface area contributed by atoms with Gasteiger partial charge in [0.15, 0.2) is 0 Å². The van der Waals surface area contributed by atoms with Gasteiger partial charge in [0.25, 0.3) is 0 Å². The van der Waals surface area contributed by atoms with Gasteiger partial charge < -0.3 is 44.1 Å². The Kier molecular flexibility index (Phi) is 41.7. The van der Waals surface area contributed by atoms with Crippen molar-refractivity contribution in [2.24, 2.45) is 49.1 Å². The van der Waals surface area contributed by atoms with Crippen molar-refractivity contribution in [3.05, 3.63) is 0 Å². The van der Waals surface area contributed by atoms with Crippen LogP contribution >= 0.6 is 0 Å². The molecule has 0 saturated carbocycles.